The summed E-state index contributed by atoms with van der Waals surface area (Å²) in [7, 11) is -0.732. The van der Waals surface area contributed by atoms with Crippen molar-refractivity contribution in [2.75, 3.05) is 26.7 Å². The van der Waals surface area contributed by atoms with E-state index in [1.54, 1.807) is 0 Å². The van der Waals surface area contributed by atoms with Gasteiger partial charge in [0.1, 0.15) is 0 Å². The molecule has 4 nitrogen and oxygen atoms in total. The average molecular weight is 442 g/mol. The molecule has 1 fully saturated rings. The second-order valence-electron chi connectivity index (χ2n) is 8.27. The van der Waals surface area contributed by atoms with Crippen molar-refractivity contribution in [1.29, 1.82) is 0 Å². The summed E-state index contributed by atoms with van der Waals surface area (Å²) in [5, 5.41) is 8.71. The van der Waals surface area contributed by atoms with E-state index in [-0.39, 0.29) is 39.7 Å². The van der Waals surface area contributed by atoms with Gasteiger partial charge < -0.3 is 10.6 Å². The Hall–Kier alpha value is -1.76. The van der Waals surface area contributed by atoms with Gasteiger partial charge in [0.05, 0.1) is 0 Å². The zero-order chi connectivity index (χ0) is 21.7. The van der Waals surface area contributed by atoms with Gasteiger partial charge in [0.2, 0.25) is 0 Å². The largest absolute Gasteiger partial charge is 0.347 e. The number of hydrogen-bond acceptors (Lipinski definition) is 2. The van der Waals surface area contributed by atoms with Crippen LogP contribution in [0, 0.1) is 0 Å². The highest BCUT2D eigenvalue weighted by atomic mass is 31.1. The number of benzene rings is 2. The topological polar surface area (TPSA) is 58.2 Å². The fraction of sp³-hybridized carbons (Fsp3) is 0.417. The van der Waals surface area contributed by atoms with E-state index in [0.29, 0.717) is 0 Å². The third-order valence-electron chi connectivity index (χ3n) is 5.66. The normalized spacial score (nSPS) is 19.0. The van der Waals surface area contributed by atoms with Crippen molar-refractivity contribution in [2.24, 2.45) is 0 Å². The van der Waals surface area contributed by atoms with Crippen molar-refractivity contribution >= 4 is 38.3 Å². The predicted octanol–water partition coefficient (Wildman–Crippen LogP) is 3.89. The Morgan fingerprint density at radius 2 is 1.07 bits per heavy atom. The molecule has 160 valence electrons. The Morgan fingerprint density at radius 3 is 1.43 bits per heavy atom. The maximum Gasteiger partial charge on any atom is 0.252 e. The van der Waals surface area contributed by atoms with E-state index in [4.69, 9.17) is 0 Å². The van der Waals surface area contributed by atoms with Crippen molar-refractivity contribution < 1.29 is 9.59 Å². The summed E-state index contributed by atoms with van der Waals surface area (Å²) in [6.45, 7) is 8.66. The predicted molar refractivity (Wildman–Crippen MR) is 131 cm³/mol. The van der Waals surface area contributed by atoms with Crippen LogP contribution >= 0.6 is 15.8 Å². The molecule has 0 bridgehead atoms. The molecule has 30 heavy (non-hydrogen) atoms. The van der Waals surface area contributed by atoms with E-state index in [0.717, 1.165) is 47.4 Å². The molecule has 2 N–H and O–H groups in total. The molecule has 2 aromatic carbocycles. The minimum Gasteiger partial charge on any atom is -0.347 e. The van der Waals surface area contributed by atoms with Crippen molar-refractivity contribution in [3.8, 4) is 0 Å². The Kier molecular flexibility index (Phi) is 8.03. The van der Waals surface area contributed by atoms with E-state index in [9.17, 15) is 9.59 Å². The van der Waals surface area contributed by atoms with Gasteiger partial charge in [-0.1, -0.05) is 65.1 Å². The third-order valence-corrected chi connectivity index (χ3v) is 8.37. The summed E-state index contributed by atoms with van der Waals surface area (Å²) in [6, 6.07) is 15.6. The van der Waals surface area contributed by atoms with Gasteiger partial charge in [-0.15, -0.1) is 0 Å². The number of rotatable bonds is 6. The minimum absolute atomic E-state index is 0.0287. The van der Waals surface area contributed by atoms with Gasteiger partial charge in [0.15, 0.2) is 0 Å². The SMILES string of the molecule is CP(C)c1ccccc1C(=O)NC1CCCCC1NC(=O)c1ccccc1P(C)C. The van der Waals surface area contributed by atoms with E-state index < -0.39 is 0 Å². The Labute approximate surface area is 182 Å². The Bertz CT molecular complexity index is 825. The summed E-state index contributed by atoms with van der Waals surface area (Å²) in [5.74, 6) is -0.0574. The first kappa shape index (κ1) is 22.9. The highest BCUT2D eigenvalue weighted by Gasteiger charge is 2.29. The lowest BCUT2D eigenvalue weighted by Crippen LogP contribution is -2.53. The van der Waals surface area contributed by atoms with Crippen LogP contribution in [-0.4, -0.2) is 50.6 Å². The molecule has 2 amide bonds. The monoisotopic (exact) mass is 442 g/mol. The zero-order valence-electron chi connectivity index (χ0n) is 18.3. The first-order chi connectivity index (χ1) is 14.4. The van der Waals surface area contributed by atoms with Crippen molar-refractivity contribution in [1.82, 2.24) is 10.6 Å². The number of hydrogen-bond donors (Lipinski definition) is 2. The smallest absolute Gasteiger partial charge is 0.252 e. The molecule has 1 saturated carbocycles. The highest BCUT2D eigenvalue weighted by Crippen LogP contribution is 2.27. The molecule has 2 aromatic rings. The van der Waals surface area contributed by atoms with Gasteiger partial charge in [-0.2, -0.15) is 0 Å². The second-order valence-corrected chi connectivity index (χ2v) is 12.8. The Morgan fingerprint density at radius 1 is 0.700 bits per heavy atom. The van der Waals surface area contributed by atoms with Gasteiger partial charge in [-0.05, 0) is 62.2 Å². The van der Waals surface area contributed by atoms with E-state index in [1.807, 2.05) is 48.5 Å². The quantitative estimate of drug-likeness (QED) is 0.667. The molecule has 2 unspecified atom stereocenters. The standard InChI is InChI=1S/C24H32N2O2P2/c1-29(2)21-15-9-5-11-17(21)23(27)25-19-13-7-8-14-20(19)26-24(28)18-12-6-10-16-22(18)30(3)4/h5-6,9-12,15-16,19-20H,7-8,13-14H2,1-4H3,(H,25,27)(H,26,28). The first-order valence-corrected chi connectivity index (χ1v) is 15.0. The van der Waals surface area contributed by atoms with Gasteiger partial charge in [0.25, 0.3) is 11.8 Å². The van der Waals surface area contributed by atoms with Crippen LogP contribution in [0.3, 0.4) is 0 Å². The molecular weight excluding hydrogens is 410 g/mol. The van der Waals surface area contributed by atoms with Gasteiger partial charge >= 0.3 is 0 Å². The maximum absolute atomic E-state index is 13.1. The minimum atomic E-state index is -0.366. The molecule has 0 radical (unpaired) electrons. The molecule has 2 atom stereocenters. The van der Waals surface area contributed by atoms with E-state index >= 15 is 0 Å². The number of carbonyl (C=O) groups excluding carboxylic acids is 2. The van der Waals surface area contributed by atoms with Crippen LogP contribution < -0.4 is 21.2 Å². The van der Waals surface area contributed by atoms with Crippen molar-refractivity contribution in [3.05, 3.63) is 59.7 Å². The van der Waals surface area contributed by atoms with Crippen LogP contribution in [0.25, 0.3) is 0 Å². The fourth-order valence-electron chi connectivity index (χ4n) is 4.08. The first-order valence-electron chi connectivity index (χ1n) is 10.5. The third kappa shape index (κ3) is 5.48. The van der Waals surface area contributed by atoms with Crippen LogP contribution in [0.4, 0.5) is 0 Å². The van der Waals surface area contributed by atoms with Crippen LogP contribution in [0.2, 0.25) is 0 Å². The van der Waals surface area contributed by atoms with Crippen molar-refractivity contribution in [3.63, 3.8) is 0 Å². The molecule has 3 rings (SSSR count). The van der Waals surface area contributed by atoms with Gasteiger partial charge in [-0.3, -0.25) is 9.59 Å². The summed E-state index contributed by atoms with van der Waals surface area (Å²) < 4.78 is 0. The van der Waals surface area contributed by atoms with Crippen LogP contribution in [0.15, 0.2) is 48.5 Å². The molecule has 0 spiro atoms. The lowest BCUT2D eigenvalue weighted by molar-refractivity contribution is 0.0864. The second kappa shape index (κ2) is 10.5. The molecule has 0 saturated heterocycles. The molecule has 6 heteroatoms. The zero-order valence-corrected chi connectivity index (χ0v) is 20.1. The van der Waals surface area contributed by atoms with E-state index in [2.05, 4.69) is 37.3 Å². The molecule has 0 aromatic heterocycles. The summed E-state index contributed by atoms with van der Waals surface area (Å²) in [5.41, 5.74) is 1.52. The summed E-state index contributed by atoms with van der Waals surface area (Å²) in [6.07, 6.45) is 3.92. The molecule has 0 heterocycles. The Balaban J connectivity index is 1.75. The number of carbonyl (C=O) groups is 2. The van der Waals surface area contributed by atoms with Gasteiger partial charge in [0, 0.05) is 23.2 Å². The van der Waals surface area contributed by atoms with Crippen molar-refractivity contribution in [2.45, 2.75) is 37.8 Å². The lowest BCUT2D eigenvalue weighted by Gasteiger charge is -2.33. The molecule has 0 aliphatic heterocycles. The van der Waals surface area contributed by atoms with E-state index in [1.165, 1.54) is 0 Å². The number of nitrogens with one attached hydrogen (secondary N) is 2. The lowest BCUT2D eigenvalue weighted by atomic mass is 9.89. The molecule has 1 aliphatic rings. The van der Waals surface area contributed by atoms with Crippen LogP contribution in [0.5, 0.6) is 0 Å². The maximum atomic E-state index is 13.1. The molecular formula is C24H32N2O2P2. The van der Waals surface area contributed by atoms with Gasteiger partial charge in [-0.25, -0.2) is 0 Å². The summed E-state index contributed by atoms with van der Waals surface area (Å²) in [4.78, 5) is 26.1. The highest BCUT2D eigenvalue weighted by molar-refractivity contribution is 7.64. The number of amides is 2. The average Bonchev–Trinajstić information content (AvgIpc) is 2.75. The fourth-order valence-corrected chi connectivity index (χ4v) is 6.16. The molecule has 1 aliphatic carbocycles. The van der Waals surface area contributed by atoms with Crippen LogP contribution in [-0.2, 0) is 0 Å². The summed E-state index contributed by atoms with van der Waals surface area (Å²) >= 11 is 0. The van der Waals surface area contributed by atoms with Crippen LogP contribution in [0.1, 0.15) is 46.4 Å².